The molecule has 0 unspecified atom stereocenters. The summed E-state index contributed by atoms with van der Waals surface area (Å²) in [6.45, 7) is 1.66. The Morgan fingerprint density at radius 3 is 2.55 bits per heavy atom. The molecule has 0 bridgehead atoms. The molecule has 108 valence electrons. The number of nitrogens with zero attached hydrogens (tertiary/aromatic N) is 1. The van der Waals surface area contributed by atoms with Crippen molar-refractivity contribution in [3.05, 3.63) is 28.7 Å². The maximum absolute atomic E-state index is 12.1. The summed E-state index contributed by atoms with van der Waals surface area (Å²) >= 11 is 3.39. The van der Waals surface area contributed by atoms with Gasteiger partial charge in [0.15, 0.2) is 0 Å². The molecular weight excluding hydrogens is 320 g/mol. The van der Waals surface area contributed by atoms with Gasteiger partial charge in [0.05, 0.1) is 5.69 Å². The van der Waals surface area contributed by atoms with E-state index in [9.17, 15) is 9.59 Å². The van der Waals surface area contributed by atoms with Gasteiger partial charge in [0, 0.05) is 17.4 Å². The average Bonchev–Trinajstić information content (AvgIpc) is 2.92. The van der Waals surface area contributed by atoms with Gasteiger partial charge in [-0.3, -0.25) is 9.59 Å². The van der Waals surface area contributed by atoms with Gasteiger partial charge in [-0.2, -0.15) is 0 Å². The zero-order valence-electron chi connectivity index (χ0n) is 11.6. The highest BCUT2D eigenvalue weighted by Crippen LogP contribution is 2.24. The summed E-state index contributed by atoms with van der Waals surface area (Å²) in [6.07, 6.45) is 4.28. The van der Waals surface area contributed by atoms with Crippen LogP contribution in [0.2, 0.25) is 0 Å². The molecule has 1 aromatic carbocycles. The normalized spacial score (nSPS) is 15.1. The number of nitrogens with one attached hydrogen (secondary N) is 1. The molecular formula is C15H19BrN2O2. The number of benzene rings is 1. The molecule has 4 nitrogen and oxygen atoms in total. The number of carbonyl (C=O) groups excluding carboxylic acids is 2. The Morgan fingerprint density at radius 2 is 1.95 bits per heavy atom. The molecule has 1 aliphatic carbocycles. The van der Waals surface area contributed by atoms with E-state index in [-0.39, 0.29) is 24.4 Å². The molecule has 0 heterocycles. The van der Waals surface area contributed by atoms with Crippen molar-refractivity contribution in [2.24, 2.45) is 0 Å². The third-order valence-corrected chi connectivity index (χ3v) is 4.32. The fraction of sp³-hybridized carbons (Fsp3) is 0.467. The molecule has 1 fully saturated rings. The van der Waals surface area contributed by atoms with E-state index in [1.54, 1.807) is 4.90 Å². The number of amides is 2. The SMILES string of the molecule is CC(=O)N(CC(=O)Nc1ccccc1Br)C1CCCC1. The second-order valence-electron chi connectivity index (χ2n) is 5.11. The summed E-state index contributed by atoms with van der Waals surface area (Å²) in [7, 11) is 0. The number of anilines is 1. The van der Waals surface area contributed by atoms with Crippen LogP contribution in [0.4, 0.5) is 5.69 Å². The number of hydrogen-bond donors (Lipinski definition) is 1. The molecule has 1 saturated carbocycles. The van der Waals surface area contributed by atoms with E-state index in [1.807, 2.05) is 24.3 Å². The minimum absolute atomic E-state index is 0.0285. The highest BCUT2D eigenvalue weighted by Gasteiger charge is 2.26. The molecule has 1 N–H and O–H groups in total. The van der Waals surface area contributed by atoms with Crippen molar-refractivity contribution in [1.82, 2.24) is 4.90 Å². The second kappa shape index (κ2) is 6.88. The van der Waals surface area contributed by atoms with E-state index < -0.39 is 0 Å². The van der Waals surface area contributed by atoms with Gasteiger partial charge >= 0.3 is 0 Å². The lowest BCUT2D eigenvalue weighted by Gasteiger charge is -2.27. The molecule has 0 aromatic heterocycles. The van der Waals surface area contributed by atoms with Crippen molar-refractivity contribution in [1.29, 1.82) is 0 Å². The van der Waals surface area contributed by atoms with E-state index in [2.05, 4.69) is 21.2 Å². The topological polar surface area (TPSA) is 49.4 Å². The van der Waals surface area contributed by atoms with Crippen LogP contribution >= 0.6 is 15.9 Å². The molecule has 2 rings (SSSR count). The Bertz CT molecular complexity index is 498. The van der Waals surface area contributed by atoms with Crippen molar-refractivity contribution in [3.63, 3.8) is 0 Å². The number of hydrogen-bond acceptors (Lipinski definition) is 2. The zero-order chi connectivity index (χ0) is 14.5. The summed E-state index contributed by atoms with van der Waals surface area (Å²) in [5, 5.41) is 2.84. The standard InChI is InChI=1S/C15H19BrN2O2/c1-11(19)18(12-6-2-3-7-12)10-15(20)17-14-9-5-4-8-13(14)16/h4-5,8-9,12H,2-3,6-7,10H2,1H3,(H,17,20). The van der Waals surface area contributed by atoms with E-state index in [0.29, 0.717) is 0 Å². The number of halogens is 1. The van der Waals surface area contributed by atoms with Crippen LogP contribution in [-0.2, 0) is 9.59 Å². The van der Waals surface area contributed by atoms with Crippen LogP contribution in [0.3, 0.4) is 0 Å². The average molecular weight is 339 g/mol. The van der Waals surface area contributed by atoms with Crippen molar-refractivity contribution < 1.29 is 9.59 Å². The molecule has 1 aromatic rings. The maximum atomic E-state index is 12.1. The summed E-state index contributed by atoms with van der Waals surface area (Å²) in [5.41, 5.74) is 0.729. The second-order valence-corrected chi connectivity index (χ2v) is 5.97. The Morgan fingerprint density at radius 1 is 1.30 bits per heavy atom. The Labute approximate surface area is 127 Å². The number of carbonyl (C=O) groups is 2. The molecule has 2 amide bonds. The van der Waals surface area contributed by atoms with Gasteiger partial charge in [-0.05, 0) is 40.9 Å². The van der Waals surface area contributed by atoms with Crippen molar-refractivity contribution >= 4 is 33.4 Å². The van der Waals surface area contributed by atoms with E-state index in [0.717, 1.165) is 35.8 Å². The van der Waals surface area contributed by atoms with Crippen LogP contribution in [0.5, 0.6) is 0 Å². The highest BCUT2D eigenvalue weighted by molar-refractivity contribution is 9.10. The fourth-order valence-electron chi connectivity index (χ4n) is 2.62. The van der Waals surface area contributed by atoms with Crippen molar-refractivity contribution in [3.8, 4) is 0 Å². The molecule has 0 saturated heterocycles. The monoisotopic (exact) mass is 338 g/mol. The molecule has 0 radical (unpaired) electrons. The van der Waals surface area contributed by atoms with Crippen LogP contribution in [-0.4, -0.2) is 29.3 Å². The predicted molar refractivity (Wildman–Crippen MR) is 82.4 cm³/mol. The lowest BCUT2D eigenvalue weighted by Crippen LogP contribution is -2.42. The van der Waals surface area contributed by atoms with E-state index >= 15 is 0 Å². The van der Waals surface area contributed by atoms with Gasteiger partial charge in [-0.15, -0.1) is 0 Å². The number of rotatable bonds is 4. The number of para-hydroxylation sites is 1. The molecule has 0 atom stereocenters. The van der Waals surface area contributed by atoms with E-state index in [4.69, 9.17) is 0 Å². The van der Waals surface area contributed by atoms with E-state index in [1.165, 1.54) is 6.92 Å². The van der Waals surface area contributed by atoms with Crippen LogP contribution in [0.25, 0.3) is 0 Å². The summed E-state index contributed by atoms with van der Waals surface area (Å²) in [5.74, 6) is -0.182. The Kier molecular flexibility index (Phi) is 5.17. The molecule has 1 aliphatic rings. The minimum Gasteiger partial charge on any atom is -0.331 e. The third-order valence-electron chi connectivity index (χ3n) is 3.63. The van der Waals surface area contributed by atoms with Gasteiger partial charge in [-0.1, -0.05) is 25.0 Å². The van der Waals surface area contributed by atoms with Gasteiger partial charge in [0.2, 0.25) is 11.8 Å². The Hall–Kier alpha value is -1.36. The summed E-state index contributed by atoms with van der Waals surface area (Å²) < 4.78 is 0.837. The first-order valence-corrected chi connectivity index (χ1v) is 7.69. The minimum atomic E-state index is -0.154. The fourth-order valence-corrected chi connectivity index (χ4v) is 3.00. The first kappa shape index (κ1) is 15.0. The third kappa shape index (κ3) is 3.82. The summed E-state index contributed by atoms with van der Waals surface area (Å²) in [6, 6.07) is 7.67. The zero-order valence-corrected chi connectivity index (χ0v) is 13.1. The van der Waals surface area contributed by atoms with Crippen LogP contribution in [0, 0.1) is 0 Å². The van der Waals surface area contributed by atoms with Crippen LogP contribution < -0.4 is 5.32 Å². The first-order valence-electron chi connectivity index (χ1n) is 6.89. The molecule has 0 spiro atoms. The maximum Gasteiger partial charge on any atom is 0.244 e. The summed E-state index contributed by atoms with van der Waals surface area (Å²) in [4.78, 5) is 25.5. The lowest BCUT2D eigenvalue weighted by atomic mass is 10.2. The first-order chi connectivity index (χ1) is 9.58. The van der Waals surface area contributed by atoms with Crippen LogP contribution in [0.15, 0.2) is 28.7 Å². The van der Waals surface area contributed by atoms with Crippen molar-refractivity contribution in [2.45, 2.75) is 38.6 Å². The van der Waals surface area contributed by atoms with Gasteiger partial charge in [-0.25, -0.2) is 0 Å². The van der Waals surface area contributed by atoms with Gasteiger partial charge in [0.1, 0.15) is 6.54 Å². The predicted octanol–water partition coefficient (Wildman–Crippen LogP) is 3.18. The molecule has 5 heteroatoms. The largest absolute Gasteiger partial charge is 0.331 e. The van der Waals surface area contributed by atoms with Gasteiger partial charge in [0.25, 0.3) is 0 Å². The van der Waals surface area contributed by atoms with Crippen molar-refractivity contribution in [2.75, 3.05) is 11.9 Å². The molecule has 0 aliphatic heterocycles. The highest BCUT2D eigenvalue weighted by atomic mass is 79.9. The lowest BCUT2D eigenvalue weighted by molar-refractivity contribution is -0.135. The Balaban J connectivity index is 1.98. The van der Waals surface area contributed by atoms with Gasteiger partial charge < -0.3 is 10.2 Å². The quantitative estimate of drug-likeness (QED) is 0.916. The smallest absolute Gasteiger partial charge is 0.244 e. The molecule has 20 heavy (non-hydrogen) atoms. The van der Waals surface area contributed by atoms with Crippen LogP contribution in [0.1, 0.15) is 32.6 Å².